The number of rotatable bonds is 3. The van der Waals surface area contributed by atoms with Crippen LogP contribution in [0.25, 0.3) is 0 Å². The van der Waals surface area contributed by atoms with Gasteiger partial charge in [0.2, 0.25) is 0 Å². The first-order chi connectivity index (χ1) is 13.1. The number of anilines is 1. The lowest BCUT2D eigenvalue weighted by Gasteiger charge is -2.53. The van der Waals surface area contributed by atoms with Crippen LogP contribution in [0, 0.1) is 29.1 Å². The SMILES string of the molecule is COC[C@@]12[C@@H](CN(c3ccc(C#N)c(C(F)(F)F)c3)S1(O)O)[C@H]1C[C@H](O)[C@@H]2C1. The van der Waals surface area contributed by atoms with E-state index in [1.807, 2.05) is 0 Å². The van der Waals surface area contributed by atoms with Crippen molar-refractivity contribution in [2.24, 2.45) is 17.8 Å². The Morgan fingerprint density at radius 3 is 2.64 bits per heavy atom. The second kappa shape index (κ2) is 6.24. The van der Waals surface area contributed by atoms with E-state index in [9.17, 15) is 27.4 Å². The molecule has 3 aliphatic rings. The number of nitriles is 1. The molecular formula is C18H21F3N2O4S. The number of aliphatic hydroxyl groups is 1. The first-order valence-electron chi connectivity index (χ1n) is 8.91. The summed E-state index contributed by atoms with van der Waals surface area (Å²) >= 11 is 0. The third-order valence-corrected chi connectivity index (χ3v) is 9.37. The fourth-order valence-electron chi connectivity index (χ4n) is 5.57. The summed E-state index contributed by atoms with van der Waals surface area (Å²) in [6.07, 6.45) is -4.22. The number of hydrogen-bond acceptors (Lipinski definition) is 6. The van der Waals surface area contributed by atoms with Gasteiger partial charge in [-0.15, -0.1) is 10.8 Å². The molecule has 1 heterocycles. The summed E-state index contributed by atoms with van der Waals surface area (Å²) in [5.74, 6) is -0.513. The molecular weight excluding hydrogens is 397 g/mol. The van der Waals surface area contributed by atoms with E-state index in [-0.39, 0.29) is 36.6 Å². The van der Waals surface area contributed by atoms with Gasteiger partial charge in [-0.2, -0.15) is 18.4 Å². The van der Waals surface area contributed by atoms with Crippen LogP contribution in [-0.4, -0.2) is 45.3 Å². The van der Waals surface area contributed by atoms with Crippen LogP contribution in [0.3, 0.4) is 0 Å². The van der Waals surface area contributed by atoms with Crippen molar-refractivity contribution in [3.8, 4) is 6.07 Å². The van der Waals surface area contributed by atoms with Crippen LogP contribution < -0.4 is 4.31 Å². The Kier molecular flexibility index (Phi) is 4.41. The summed E-state index contributed by atoms with van der Waals surface area (Å²) in [7, 11) is -2.15. The number of hydrogen-bond donors (Lipinski definition) is 3. The van der Waals surface area contributed by atoms with Crippen molar-refractivity contribution in [3.05, 3.63) is 29.3 Å². The maximum Gasteiger partial charge on any atom is 0.417 e. The Morgan fingerprint density at radius 1 is 1.32 bits per heavy atom. The zero-order valence-corrected chi connectivity index (χ0v) is 15.9. The standard InChI is InChI=1S/C18H21F3N2O4S/c1-27-9-17-14-4-11(5-16(14)24)15(17)8-23(28(17,25)26)12-3-2-10(7-22)13(6-12)18(19,20)21/h2-3,6,11,14-16,24-26H,4-5,8-9H2,1H3/t11-,14+,15+,16+,17-/m1/s1. The van der Waals surface area contributed by atoms with E-state index in [4.69, 9.17) is 10.00 Å². The molecule has 1 aliphatic heterocycles. The fraction of sp³-hybridized carbons (Fsp3) is 0.611. The van der Waals surface area contributed by atoms with Gasteiger partial charge in [-0.3, -0.25) is 13.4 Å². The Labute approximate surface area is 162 Å². The smallest absolute Gasteiger partial charge is 0.393 e. The van der Waals surface area contributed by atoms with Gasteiger partial charge in [-0.25, -0.2) is 0 Å². The molecule has 0 unspecified atom stereocenters. The minimum atomic E-state index is -4.74. The van der Waals surface area contributed by atoms with Crippen LogP contribution in [0.5, 0.6) is 0 Å². The van der Waals surface area contributed by atoms with E-state index in [1.54, 1.807) is 0 Å². The topological polar surface area (TPSA) is 97.0 Å². The van der Waals surface area contributed by atoms with Gasteiger partial charge < -0.3 is 9.84 Å². The second-order valence-corrected chi connectivity index (χ2v) is 10.1. The average Bonchev–Trinajstić information content (AvgIpc) is 3.21. The number of fused-ring (bicyclic) bond motifs is 5. The molecule has 154 valence electrons. The van der Waals surface area contributed by atoms with Crippen LogP contribution in [0.15, 0.2) is 18.2 Å². The molecule has 0 aromatic heterocycles. The molecule has 1 aromatic rings. The predicted octanol–water partition coefficient (Wildman–Crippen LogP) is 3.46. The van der Waals surface area contributed by atoms with Crippen LogP contribution >= 0.6 is 10.8 Å². The molecule has 2 saturated carbocycles. The van der Waals surface area contributed by atoms with E-state index < -0.39 is 38.9 Å². The number of alkyl halides is 3. The normalized spacial score (nSPS) is 37.0. The molecule has 2 bridgehead atoms. The second-order valence-electron chi connectivity index (χ2n) is 7.82. The van der Waals surface area contributed by atoms with Crippen molar-refractivity contribution in [1.82, 2.24) is 0 Å². The monoisotopic (exact) mass is 418 g/mol. The van der Waals surface area contributed by atoms with Gasteiger partial charge in [0.15, 0.2) is 0 Å². The van der Waals surface area contributed by atoms with Gasteiger partial charge in [-0.1, -0.05) is 0 Å². The maximum atomic E-state index is 13.4. The summed E-state index contributed by atoms with van der Waals surface area (Å²) in [5, 5.41) is 19.4. The van der Waals surface area contributed by atoms with Crippen molar-refractivity contribution in [1.29, 1.82) is 5.26 Å². The van der Waals surface area contributed by atoms with Crippen LogP contribution in [0.2, 0.25) is 0 Å². The third-order valence-electron chi connectivity index (χ3n) is 6.66. The largest absolute Gasteiger partial charge is 0.417 e. The molecule has 10 heteroatoms. The number of benzene rings is 1. The van der Waals surface area contributed by atoms with Gasteiger partial charge in [0.25, 0.3) is 0 Å². The summed E-state index contributed by atoms with van der Waals surface area (Å²) < 4.78 is 68.0. The minimum absolute atomic E-state index is 0.00472. The zero-order valence-electron chi connectivity index (χ0n) is 15.1. The maximum absolute atomic E-state index is 13.4. The van der Waals surface area contributed by atoms with Gasteiger partial charge in [0.1, 0.15) is 4.75 Å². The Bertz CT molecular complexity index is 843. The van der Waals surface area contributed by atoms with Crippen LogP contribution in [0.4, 0.5) is 18.9 Å². The van der Waals surface area contributed by atoms with E-state index in [0.717, 1.165) is 12.1 Å². The summed E-state index contributed by atoms with van der Waals surface area (Å²) in [6, 6.07) is 4.68. The number of methoxy groups -OCH3 is 1. The van der Waals surface area contributed by atoms with E-state index in [1.165, 1.54) is 23.6 Å². The third kappa shape index (κ3) is 2.44. The minimum Gasteiger partial charge on any atom is -0.393 e. The first-order valence-corrected chi connectivity index (χ1v) is 10.4. The highest BCUT2D eigenvalue weighted by molar-refractivity contribution is 8.26. The quantitative estimate of drug-likeness (QED) is 0.696. The van der Waals surface area contributed by atoms with Gasteiger partial charge >= 0.3 is 6.18 Å². The lowest BCUT2D eigenvalue weighted by atomic mass is 9.77. The number of halogens is 3. The van der Waals surface area contributed by atoms with Gasteiger partial charge in [0.05, 0.1) is 35.6 Å². The summed E-state index contributed by atoms with van der Waals surface area (Å²) in [6.45, 7) is 0.180. The fourth-order valence-corrected chi connectivity index (χ4v) is 8.36. The van der Waals surface area contributed by atoms with E-state index in [2.05, 4.69) is 0 Å². The molecule has 2 aliphatic carbocycles. The lowest BCUT2D eigenvalue weighted by Crippen LogP contribution is -2.52. The highest BCUT2D eigenvalue weighted by Crippen LogP contribution is 2.76. The molecule has 0 amide bonds. The summed E-state index contributed by atoms with van der Waals surface area (Å²) in [5.41, 5.74) is -1.62. The van der Waals surface area contributed by atoms with Crippen molar-refractivity contribution in [2.45, 2.75) is 29.9 Å². The predicted molar refractivity (Wildman–Crippen MR) is 96.7 cm³/mol. The van der Waals surface area contributed by atoms with Crippen molar-refractivity contribution >= 4 is 16.5 Å². The van der Waals surface area contributed by atoms with E-state index in [0.29, 0.717) is 12.8 Å². The lowest BCUT2D eigenvalue weighted by molar-refractivity contribution is -0.137. The molecule has 5 atom stereocenters. The van der Waals surface area contributed by atoms with Crippen molar-refractivity contribution < 1.29 is 32.1 Å². The zero-order chi connectivity index (χ0) is 20.5. The molecule has 6 nitrogen and oxygen atoms in total. The highest BCUT2D eigenvalue weighted by atomic mass is 32.3. The average molecular weight is 418 g/mol. The molecule has 0 spiro atoms. The Balaban J connectivity index is 1.80. The number of aliphatic hydroxyl groups excluding tert-OH is 1. The Morgan fingerprint density at radius 2 is 2.04 bits per heavy atom. The number of ether oxygens (including phenoxy) is 1. The Hall–Kier alpha value is -1.51. The van der Waals surface area contributed by atoms with Crippen LogP contribution in [-0.2, 0) is 10.9 Å². The molecule has 1 aromatic carbocycles. The van der Waals surface area contributed by atoms with Crippen molar-refractivity contribution in [3.63, 3.8) is 0 Å². The van der Waals surface area contributed by atoms with Crippen molar-refractivity contribution in [2.75, 3.05) is 24.6 Å². The molecule has 0 radical (unpaired) electrons. The highest BCUT2D eigenvalue weighted by Gasteiger charge is 2.72. The summed E-state index contributed by atoms with van der Waals surface area (Å²) in [4.78, 5) is 0. The van der Waals surface area contributed by atoms with Gasteiger partial charge in [-0.05, 0) is 37.0 Å². The van der Waals surface area contributed by atoms with E-state index >= 15 is 0 Å². The van der Waals surface area contributed by atoms with Gasteiger partial charge in [0, 0.05) is 25.5 Å². The molecule has 4 rings (SSSR count). The first kappa shape index (κ1) is 19.8. The number of nitrogens with zero attached hydrogens (tertiary/aromatic N) is 2. The molecule has 3 N–H and O–H groups in total. The molecule has 3 fully saturated rings. The molecule has 28 heavy (non-hydrogen) atoms. The molecule has 1 saturated heterocycles. The van der Waals surface area contributed by atoms with Crippen LogP contribution in [0.1, 0.15) is 24.0 Å².